The SMILES string of the molecule is CCOC(C1([SiH3])CCCCO1)C(OCC)(OCC)OCC. The predicted octanol–water partition coefficient (Wildman–Crippen LogP) is 1.42. The van der Waals surface area contributed by atoms with E-state index in [0.29, 0.717) is 26.4 Å². The van der Waals surface area contributed by atoms with Crippen molar-refractivity contribution >= 4 is 10.2 Å². The molecule has 0 radical (unpaired) electrons. The summed E-state index contributed by atoms with van der Waals surface area (Å²) >= 11 is 0. The highest BCUT2D eigenvalue weighted by atomic mass is 28.1. The van der Waals surface area contributed by atoms with Gasteiger partial charge in [-0.3, -0.25) is 0 Å². The van der Waals surface area contributed by atoms with Crippen LogP contribution in [0.15, 0.2) is 0 Å². The minimum Gasteiger partial charge on any atom is -0.377 e. The Morgan fingerprint density at radius 2 is 1.57 bits per heavy atom. The molecule has 0 saturated carbocycles. The second-order valence-electron chi connectivity index (χ2n) is 5.36. The van der Waals surface area contributed by atoms with E-state index in [1.165, 1.54) is 0 Å². The Labute approximate surface area is 132 Å². The molecule has 0 aromatic rings. The molecule has 0 aromatic heterocycles. The molecule has 0 spiro atoms. The standard InChI is InChI=1S/C15H32O5Si/c1-5-16-13(14(21)11-9-10-12-20-14)15(17-6-2,18-7-3)19-8-4/h13H,5-12H2,1-4,21H3. The van der Waals surface area contributed by atoms with Crippen molar-refractivity contribution in [3.8, 4) is 0 Å². The van der Waals surface area contributed by atoms with Gasteiger partial charge in [0.1, 0.15) is 0 Å². The number of hydrogen-bond donors (Lipinski definition) is 0. The van der Waals surface area contributed by atoms with E-state index < -0.39 is 5.97 Å². The third-order valence-electron chi connectivity index (χ3n) is 3.74. The van der Waals surface area contributed by atoms with Gasteiger partial charge in [0, 0.05) is 43.3 Å². The van der Waals surface area contributed by atoms with E-state index in [2.05, 4.69) is 0 Å². The van der Waals surface area contributed by atoms with Gasteiger partial charge >= 0.3 is 5.97 Å². The third kappa shape index (κ3) is 4.74. The Hall–Kier alpha value is 0.0169. The van der Waals surface area contributed by atoms with Crippen LogP contribution in [0.3, 0.4) is 0 Å². The zero-order valence-electron chi connectivity index (χ0n) is 14.3. The van der Waals surface area contributed by atoms with Crippen molar-refractivity contribution in [2.75, 3.05) is 33.0 Å². The Kier molecular flexibility index (Phi) is 8.37. The fourth-order valence-electron chi connectivity index (χ4n) is 2.94. The van der Waals surface area contributed by atoms with Crippen molar-refractivity contribution < 1.29 is 23.7 Å². The van der Waals surface area contributed by atoms with Crippen molar-refractivity contribution in [3.05, 3.63) is 0 Å². The summed E-state index contributed by atoms with van der Waals surface area (Å²) in [4.78, 5) is 0. The predicted molar refractivity (Wildman–Crippen MR) is 85.5 cm³/mol. The van der Waals surface area contributed by atoms with E-state index in [1.807, 2.05) is 27.7 Å². The molecule has 21 heavy (non-hydrogen) atoms. The van der Waals surface area contributed by atoms with Crippen molar-refractivity contribution in [2.45, 2.75) is 64.3 Å². The molecule has 6 heteroatoms. The van der Waals surface area contributed by atoms with Gasteiger partial charge in [0.25, 0.3) is 0 Å². The quantitative estimate of drug-likeness (QED) is 0.450. The Morgan fingerprint density at radius 3 is 1.95 bits per heavy atom. The molecular weight excluding hydrogens is 288 g/mol. The number of ether oxygens (including phenoxy) is 5. The average molecular weight is 321 g/mol. The van der Waals surface area contributed by atoms with Gasteiger partial charge in [0.2, 0.25) is 0 Å². The monoisotopic (exact) mass is 320 g/mol. The van der Waals surface area contributed by atoms with E-state index in [4.69, 9.17) is 23.7 Å². The van der Waals surface area contributed by atoms with E-state index in [9.17, 15) is 0 Å². The molecule has 1 aliphatic rings. The molecule has 2 unspecified atom stereocenters. The fraction of sp³-hybridized carbons (Fsp3) is 1.00. The lowest BCUT2D eigenvalue weighted by molar-refractivity contribution is -0.429. The van der Waals surface area contributed by atoms with Crippen LogP contribution in [0.1, 0.15) is 47.0 Å². The lowest BCUT2D eigenvalue weighted by Crippen LogP contribution is -2.64. The summed E-state index contributed by atoms with van der Waals surface area (Å²) in [6.45, 7) is 10.7. The molecule has 2 atom stereocenters. The molecule has 1 fully saturated rings. The summed E-state index contributed by atoms with van der Waals surface area (Å²) in [6.07, 6.45) is 2.86. The summed E-state index contributed by atoms with van der Waals surface area (Å²) in [7, 11) is 0.842. The first-order valence-corrected chi connectivity index (χ1v) is 9.25. The van der Waals surface area contributed by atoms with Crippen LogP contribution >= 0.6 is 0 Å². The molecule has 0 aliphatic carbocycles. The van der Waals surface area contributed by atoms with Gasteiger partial charge in [0.15, 0.2) is 6.10 Å². The highest BCUT2D eigenvalue weighted by Crippen LogP contribution is 2.36. The molecule has 1 heterocycles. The van der Waals surface area contributed by atoms with Crippen LogP contribution in [-0.2, 0) is 23.7 Å². The van der Waals surface area contributed by atoms with Gasteiger partial charge in [-0.1, -0.05) is 0 Å². The zero-order chi connectivity index (χ0) is 15.8. The van der Waals surface area contributed by atoms with Crippen molar-refractivity contribution in [3.63, 3.8) is 0 Å². The lowest BCUT2D eigenvalue weighted by atomic mass is 10.0. The van der Waals surface area contributed by atoms with Crippen LogP contribution in [0.5, 0.6) is 0 Å². The van der Waals surface area contributed by atoms with Crippen LogP contribution < -0.4 is 0 Å². The highest BCUT2D eigenvalue weighted by Gasteiger charge is 2.54. The van der Waals surface area contributed by atoms with E-state index in [1.54, 1.807) is 0 Å². The Balaban J connectivity index is 3.09. The minimum atomic E-state index is -1.17. The van der Waals surface area contributed by atoms with Crippen LogP contribution in [-0.4, -0.2) is 60.6 Å². The minimum absolute atomic E-state index is 0.326. The van der Waals surface area contributed by atoms with Crippen molar-refractivity contribution in [1.29, 1.82) is 0 Å². The van der Waals surface area contributed by atoms with Crippen LogP contribution in [0, 0.1) is 0 Å². The summed E-state index contributed by atoms with van der Waals surface area (Å²) in [5, 5.41) is -0.326. The molecule has 0 aromatic carbocycles. The first-order chi connectivity index (χ1) is 10.1. The molecule has 0 bridgehead atoms. The third-order valence-corrected chi connectivity index (χ3v) is 5.06. The zero-order valence-corrected chi connectivity index (χ0v) is 16.3. The number of hydrogen-bond acceptors (Lipinski definition) is 5. The summed E-state index contributed by atoms with van der Waals surface area (Å²) < 4.78 is 29.9. The topological polar surface area (TPSA) is 46.2 Å². The van der Waals surface area contributed by atoms with E-state index >= 15 is 0 Å². The van der Waals surface area contributed by atoms with Gasteiger partial charge in [0.05, 0.1) is 5.22 Å². The second-order valence-corrected chi connectivity index (χ2v) is 7.05. The van der Waals surface area contributed by atoms with Gasteiger partial charge < -0.3 is 23.7 Å². The van der Waals surface area contributed by atoms with E-state index in [0.717, 1.165) is 36.1 Å². The van der Waals surface area contributed by atoms with Crippen LogP contribution in [0.4, 0.5) is 0 Å². The largest absolute Gasteiger partial charge is 0.377 e. The normalized spacial score (nSPS) is 25.1. The van der Waals surface area contributed by atoms with Crippen LogP contribution in [0.25, 0.3) is 0 Å². The number of rotatable bonds is 10. The molecule has 0 amide bonds. The Bertz CT molecular complexity index is 264. The maximum absolute atomic E-state index is 6.12. The molecular formula is C15H32O5Si. The molecule has 1 rings (SSSR count). The molecule has 1 saturated heterocycles. The maximum Gasteiger partial charge on any atom is 0.313 e. The van der Waals surface area contributed by atoms with Gasteiger partial charge in [-0.15, -0.1) is 0 Å². The van der Waals surface area contributed by atoms with Gasteiger partial charge in [-0.25, -0.2) is 0 Å². The summed E-state index contributed by atoms with van der Waals surface area (Å²) in [5.41, 5.74) is 0. The van der Waals surface area contributed by atoms with E-state index in [-0.39, 0.29) is 11.3 Å². The first-order valence-electron chi connectivity index (χ1n) is 8.25. The Morgan fingerprint density at radius 1 is 1.00 bits per heavy atom. The highest BCUT2D eigenvalue weighted by molar-refractivity contribution is 6.15. The molecule has 0 N–H and O–H groups in total. The van der Waals surface area contributed by atoms with Gasteiger partial charge in [-0.2, -0.15) is 0 Å². The second kappa shape index (κ2) is 9.22. The fourth-order valence-corrected chi connectivity index (χ4v) is 4.01. The van der Waals surface area contributed by atoms with Crippen LogP contribution in [0.2, 0.25) is 0 Å². The smallest absolute Gasteiger partial charge is 0.313 e. The summed E-state index contributed by atoms with van der Waals surface area (Å²) in [6, 6.07) is 0. The maximum atomic E-state index is 6.12. The van der Waals surface area contributed by atoms with Gasteiger partial charge in [-0.05, 0) is 47.0 Å². The van der Waals surface area contributed by atoms with Crippen molar-refractivity contribution in [2.24, 2.45) is 0 Å². The lowest BCUT2D eigenvalue weighted by Gasteiger charge is -2.48. The molecule has 126 valence electrons. The van der Waals surface area contributed by atoms with Crippen molar-refractivity contribution in [1.82, 2.24) is 0 Å². The summed E-state index contributed by atoms with van der Waals surface area (Å²) in [5.74, 6) is -1.17. The average Bonchev–Trinajstić information content (AvgIpc) is 2.46. The first kappa shape index (κ1) is 19.1. The molecule has 5 nitrogen and oxygen atoms in total. The molecule has 1 aliphatic heterocycles.